The first kappa shape index (κ1) is 20.0. The Morgan fingerprint density at radius 2 is 2.00 bits per heavy atom. The summed E-state index contributed by atoms with van der Waals surface area (Å²) in [4.78, 5) is 17.9. The molecule has 1 aromatic rings. The molecular weight excluding hydrogens is 385 g/mol. The molecule has 3 unspecified atom stereocenters. The SMILES string of the molecule is CC(C)(C)OC(=O)N1CC2CCC1C(Oc1ncc(C(F)(F)F)cc1Cl)C2. The van der Waals surface area contributed by atoms with E-state index in [4.69, 9.17) is 21.1 Å². The highest BCUT2D eigenvalue weighted by Crippen LogP contribution is 2.39. The van der Waals surface area contributed by atoms with Crippen molar-refractivity contribution in [2.45, 2.75) is 64.0 Å². The summed E-state index contributed by atoms with van der Waals surface area (Å²) in [7, 11) is 0. The smallest absolute Gasteiger partial charge is 0.417 e. The molecule has 1 saturated carbocycles. The van der Waals surface area contributed by atoms with E-state index in [1.54, 1.807) is 25.7 Å². The fourth-order valence-corrected chi connectivity index (χ4v) is 3.81. The van der Waals surface area contributed by atoms with Crippen molar-refractivity contribution in [2.75, 3.05) is 6.54 Å². The average molecular weight is 407 g/mol. The van der Waals surface area contributed by atoms with Crippen molar-refractivity contribution in [3.8, 4) is 5.88 Å². The number of hydrogen-bond donors (Lipinski definition) is 0. The van der Waals surface area contributed by atoms with E-state index >= 15 is 0 Å². The number of ether oxygens (including phenoxy) is 2. The van der Waals surface area contributed by atoms with Gasteiger partial charge in [-0.05, 0) is 52.0 Å². The number of piperidine rings is 2. The van der Waals surface area contributed by atoms with Crippen LogP contribution in [-0.4, -0.2) is 40.3 Å². The van der Waals surface area contributed by atoms with Gasteiger partial charge in [-0.15, -0.1) is 0 Å². The van der Waals surface area contributed by atoms with Crippen LogP contribution in [0.4, 0.5) is 18.0 Å². The molecular formula is C18H22ClF3N2O3. The second-order valence-corrected chi connectivity index (χ2v) is 8.45. The predicted octanol–water partition coefficient (Wildman–Crippen LogP) is 4.92. The Bertz CT molecular complexity index is 721. The van der Waals surface area contributed by atoms with E-state index in [9.17, 15) is 18.0 Å². The van der Waals surface area contributed by atoms with Gasteiger partial charge in [0.1, 0.15) is 16.7 Å². The van der Waals surface area contributed by atoms with Crippen molar-refractivity contribution in [2.24, 2.45) is 5.92 Å². The molecule has 0 spiro atoms. The third kappa shape index (κ3) is 4.59. The van der Waals surface area contributed by atoms with Gasteiger partial charge in [0.25, 0.3) is 0 Å². The number of pyridine rings is 1. The number of carbonyl (C=O) groups is 1. The maximum atomic E-state index is 12.8. The summed E-state index contributed by atoms with van der Waals surface area (Å²) in [6.45, 7) is 5.99. The largest absolute Gasteiger partial charge is 0.471 e. The van der Waals surface area contributed by atoms with Crippen LogP contribution < -0.4 is 4.74 Å². The van der Waals surface area contributed by atoms with Crippen LogP contribution in [0.2, 0.25) is 5.02 Å². The Morgan fingerprint density at radius 1 is 1.30 bits per heavy atom. The number of aromatic nitrogens is 1. The molecule has 2 bridgehead atoms. The standard InChI is InChI=1S/C18H22ClF3N2O3/c1-17(2,3)27-16(25)24-9-10-4-5-13(24)14(6-10)26-15-12(19)7-11(8-23-15)18(20,21)22/h7-8,10,13-14H,4-6,9H2,1-3H3. The van der Waals surface area contributed by atoms with Gasteiger partial charge in [-0.3, -0.25) is 0 Å². The summed E-state index contributed by atoms with van der Waals surface area (Å²) >= 11 is 5.95. The van der Waals surface area contributed by atoms with Gasteiger partial charge in [0, 0.05) is 12.7 Å². The van der Waals surface area contributed by atoms with E-state index < -0.39 is 23.4 Å². The van der Waals surface area contributed by atoms with Crippen LogP contribution in [0.15, 0.2) is 12.3 Å². The van der Waals surface area contributed by atoms with E-state index in [2.05, 4.69) is 4.98 Å². The second kappa shape index (κ2) is 7.04. The molecule has 1 aromatic heterocycles. The first-order valence-electron chi connectivity index (χ1n) is 8.83. The van der Waals surface area contributed by atoms with Gasteiger partial charge in [0.05, 0.1) is 11.6 Å². The van der Waals surface area contributed by atoms with Crippen LogP contribution in [0, 0.1) is 5.92 Å². The Morgan fingerprint density at radius 3 is 2.56 bits per heavy atom. The molecule has 9 heteroatoms. The van der Waals surface area contributed by atoms with Crippen LogP contribution in [0.3, 0.4) is 0 Å². The molecule has 0 N–H and O–H groups in total. The van der Waals surface area contributed by atoms with E-state index in [-0.39, 0.29) is 29.0 Å². The number of halogens is 4. The lowest BCUT2D eigenvalue weighted by Gasteiger charge is -2.49. The topological polar surface area (TPSA) is 51.7 Å². The van der Waals surface area contributed by atoms with Crippen LogP contribution in [-0.2, 0) is 10.9 Å². The second-order valence-electron chi connectivity index (χ2n) is 8.04. The lowest BCUT2D eigenvalue weighted by molar-refractivity contribution is -0.137. The Balaban J connectivity index is 1.75. The fraction of sp³-hybridized carbons (Fsp3) is 0.667. The quantitative estimate of drug-likeness (QED) is 0.699. The van der Waals surface area contributed by atoms with Crippen LogP contribution >= 0.6 is 11.6 Å². The molecule has 1 amide bonds. The van der Waals surface area contributed by atoms with Crippen molar-refractivity contribution < 1.29 is 27.4 Å². The maximum Gasteiger partial charge on any atom is 0.417 e. The zero-order chi connectivity index (χ0) is 20.0. The first-order chi connectivity index (χ1) is 12.4. The zero-order valence-corrected chi connectivity index (χ0v) is 16.1. The van der Waals surface area contributed by atoms with Gasteiger partial charge < -0.3 is 14.4 Å². The molecule has 150 valence electrons. The van der Waals surface area contributed by atoms with Gasteiger partial charge in [-0.25, -0.2) is 9.78 Å². The maximum absolute atomic E-state index is 12.8. The van der Waals surface area contributed by atoms with Crippen molar-refractivity contribution in [1.82, 2.24) is 9.88 Å². The number of amides is 1. The minimum atomic E-state index is -4.52. The molecule has 3 aliphatic rings. The molecule has 0 aromatic carbocycles. The number of alkyl halides is 3. The normalized spacial score (nSPS) is 25.4. The zero-order valence-electron chi connectivity index (χ0n) is 15.3. The lowest BCUT2D eigenvalue weighted by atomic mass is 9.78. The van der Waals surface area contributed by atoms with Gasteiger partial charge in [-0.2, -0.15) is 13.2 Å². The van der Waals surface area contributed by atoms with Gasteiger partial charge in [0.15, 0.2) is 0 Å². The van der Waals surface area contributed by atoms with Crippen molar-refractivity contribution >= 4 is 17.7 Å². The van der Waals surface area contributed by atoms with Crippen LogP contribution in [0.1, 0.15) is 45.6 Å². The molecule has 2 saturated heterocycles. The lowest BCUT2D eigenvalue weighted by Crippen LogP contribution is -2.60. The molecule has 3 heterocycles. The summed E-state index contributed by atoms with van der Waals surface area (Å²) in [6.07, 6.45) is -2.20. The highest BCUT2D eigenvalue weighted by Gasteiger charge is 2.46. The average Bonchev–Trinajstić information content (AvgIpc) is 2.54. The highest BCUT2D eigenvalue weighted by molar-refractivity contribution is 6.31. The van der Waals surface area contributed by atoms with Crippen molar-refractivity contribution in [1.29, 1.82) is 0 Å². The summed E-state index contributed by atoms with van der Waals surface area (Å²) in [5.41, 5.74) is -1.54. The Labute approximate surface area is 160 Å². The van der Waals surface area contributed by atoms with E-state index in [0.717, 1.165) is 18.9 Å². The monoisotopic (exact) mass is 406 g/mol. The van der Waals surface area contributed by atoms with Gasteiger partial charge in [0.2, 0.25) is 5.88 Å². The summed E-state index contributed by atoms with van der Waals surface area (Å²) in [5.74, 6) is 0.201. The minimum absolute atomic E-state index is 0.0497. The molecule has 0 radical (unpaired) electrons. The third-order valence-electron chi connectivity index (χ3n) is 4.75. The van der Waals surface area contributed by atoms with Crippen molar-refractivity contribution in [3.63, 3.8) is 0 Å². The van der Waals surface area contributed by atoms with E-state index in [1.807, 2.05) is 0 Å². The van der Waals surface area contributed by atoms with E-state index in [0.29, 0.717) is 19.2 Å². The molecule has 5 nitrogen and oxygen atoms in total. The molecule has 4 rings (SSSR count). The Kier molecular flexibility index (Phi) is 5.22. The molecule has 1 aliphatic carbocycles. The number of rotatable bonds is 2. The minimum Gasteiger partial charge on any atom is -0.471 e. The molecule has 27 heavy (non-hydrogen) atoms. The molecule has 2 aliphatic heterocycles. The third-order valence-corrected chi connectivity index (χ3v) is 5.02. The summed E-state index contributed by atoms with van der Waals surface area (Å²) in [5, 5.41) is -0.199. The fourth-order valence-electron chi connectivity index (χ4n) is 3.60. The summed E-state index contributed by atoms with van der Waals surface area (Å²) in [6, 6.07) is 0.585. The van der Waals surface area contributed by atoms with Gasteiger partial charge >= 0.3 is 12.3 Å². The van der Waals surface area contributed by atoms with E-state index in [1.165, 1.54) is 0 Å². The number of carbonyl (C=O) groups excluding carboxylic acids is 1. The molecule has 3 atom stereocenters. The van der Waals surface area contributed by atoms with Crippen molar-refractivity contribution in [3.05, 3.63) is 22.8 Å². The number of nitrogens with zero attached hydrogens (tertiary/aromatic N) is 2. The summed E-state index contributed by atoms with van der Waals surface area (Å²) < 4.78 is 49.6. The first-order valence-corrected chi connectivity index (χ1v) is 9.21. The number of hydrogen-bond acceptors (Lipinski definition) is 4. The molecule has 3 fully saturated rings. The highest BCUT2D eigenvalue weighted by atomic mass is 35.5. The van der Waals surface area contributed by atoms with Gasteiger partial charge in [-0.1, -0.05) is 11.6 Å². The van der Waals surface area contributed by atoms with Crippen LogP contribution in [0.25, 0.3) is 0 Å². The van der Waals surface area contributed by atoms with Crippen LogP contribution in [0.5, 0.6) is 5.88 Å². The number of fused-ring (bicyclic) bond motifs is 3. The Hall–Kier alpha value is -1.70. The predicted molar refractivity (Wildman–Crippen MR) is 92.7 cm³/mol.